The normalized spacial score (nSPS) is 12.3. The number of anilines is 1. The van der Waals surface area contributed by atoms with Crippen molar-refractivity contribution in [3.63, 3.8) is 0 Å². The number of rotatable bonds is 6. The van der Waals surface area contributed by atoms with Gasteiger partial charge in [-0.25, -0.2) is 0 Å². The Morgan fingerprint density at radius 1 is 1.37 bits per heavy atom. The van der Waals surface area contributed by atoms with E-state index < -0.39 is 0 Å². The van der Waals surface area contributed by atoms with Gasteiger partial charge in [-0.3, -0.25) is 9.78 Å². The first-order valence-electron chi connectivity index (χ1n) is 6.49. The van der Waals surface area contributed by atoms with E-state index >= 15 is 0 Å². The van der Waals surface area contributed by atoms with Crippen LogP contribution in [-0.2, 0) is 0 Å². The number of aromatic nitrogens is 1. The molecule has 1 aromatic heterocycles. The van der Waals surface area contributed by atoms with E-state index in [0.717, 1.165) is 18.7 Å². The van der Waals surface area contributed by atoms with Crippen LogP contribution in [0.3, 0.4) is 0 Å². The maximum absolute atomic E-state index is 11.8. The lowest BCUT2D eigenvalue weighted by Crippen LogP contribution is -2.24. The summed E-state index contributed by atoms with van der Waals surface area (Å²) in [5.74, 6) is -0.0791. The third-order valence-corrected chi connectivity index (χ3v) is 2.81. The van der Waals surface area contributed by atoms with Crippen LogP contribution >= 0.6 is 0 Å². The first kappa shape index (κ1) is 15.4. The van der Waals surface area contributed by atoms with Gasteiger partial charge in [0, 0.05) is 32.0 Å². The van der Waals surface area contributed by atoms with Gasteiger partial charge < -0.3 is 15.1 Å². The highest BCUT2D eigenvalue weighted by molar-refractivity contribution is 5.92. The molecule has 0 fully saturated rings. The van der Waals surface area contributed by atoms with Crippen molar-refractivity contribution in [1.29, 1.82) is 0 Å². The van der Waals surface area contributed by atoms with Gasteiger partial charge in [-0.2, -0.15) is 0 Å². The van der Waals surface area contributed by atoms with Crippen molar-refractivity contribution in [1.82, 2.24) is 14.8 Å². The largest absolute Gasteiger partial charge is 0.382 e. The molecule has 0 aliphatic rings. The lowest BCUT2D eigenvalue weighted by Gasteiger charge is -2.18. The standard InChI is InChI=1S/C14H24N4O/c1-11(7-9-17(2)3)16-12-6-8-15-13(10-12)14(19)18(4)5/h6,8,10-11H,7,9H2,1-5H3,(H,15,16). The quantitative estimate of drug-likeness (QED) is 0.846. The van der Waals surface area contributed by atoms with Gasteiger partial charge in [0.05, 0.1) is 0 Å². The molecule has 0 aromatic carbocycles. The molecule has 1 atom stereocenters. The van der Waals surface area contributed by atoms with Crippen molar-refractivity contribution in [2.75, 3.05) is 40.1 Å². The predicted octanol–water partition coefficient (Wildman–Crippen LogP) is 1.54. The van der Waals surface area contributed by atoms with Crippen LogP contribution in [0.25, 0.3) is 0 Å². The van der Waals surface area contributed by atoms with Gasteiger partial charge >= 0.3 is 0 Å². The molecular formula is C14H24N4O. The Morgan fingerprint density at radius 3 is 2.63 bits per heavy atom. The van der Waals surface area contributed by atoms with Gasteiger partial charge in [0.1, 0.15) is 5.69 Å². The molecule has 1 unspecified atom stereocenters. The first-order chi connectivity index (χ1) is 8.90. The molecule has 1 aromatic rings. The minimum Gasteiger partial charge on any atom is -0.382 e. The predicted molar refractivity (Wildman–Crippen MR) is 78.5 cm³/mol. The van der Waals surface area contributed by atoms with Crippen LogP contribution in [-0.4, -0.2) is 61.5 Å². The average Bonchev–Trinajstić information content (AvgIpc) is 2.35. The summed E-state index contributed by atoms with van der Waals surface area (Å²) in [4.78, 5) is 19.6. The SMILES string of the molecule is CC(CCN(C)C)Nc1ccnc(C(=O)N(C)C)c1. The monoisotopic (exact) mass is 264 g/mol. The Morgan fingerprint density at radius 2 is 2.05 bits per heavy atom. The van der Waals surface area contributed by atoms with Crippen LogP contribution in [0.4, 0.5) is 5.69 Å². The van der Waals surface area contributed by atoms with Crippen LogP contribution in [0.5, 0.6) is 0 Å². The number of hydrogen-bond acceptors (Lipinski definition) is 4. The lowest BCUT2D eigenvalue weighted by molar-refractivity contribution is 0.0822. The summed E-state index contributed by atoms with van der Waals surface area (Å²) in [5, 5.41) is 3.39. The van der Waals surface area contributed by atoms with Crippen molar-refractivity contribution >= 4 is 11.6 Å². The van der Waals surface area contributed by atoms with E-state index in [1.165, 1.54) is 4.90 Å². The fourth-order valence-electron chi connectivity index (χ4n) is 1.67. The van der Waals surface area contributed by atoms with Gasteiger partial charge in [-0.15, -0.1) is 0 Å². The Balaban J connectivity index is 2.64. The molecule has 5 heteroatoms. The fraction of sp³-hybridized carbons (Fsp3) is 0.571. The Labute approximate surface area is 115 Å². The summed E-state index contributed by atoms with van der Waals surface area (Å²) in [6.07, 6.45) is 2.71. The molecule has 0 saturated carbocycles. The van der Waals surface area contributed by atoms with Crippen molar-refractivity contribution in [3.8, 4) is 0 Å². The highest BCUT2D eigenvalue weighted by Gasteiger charge is 2.10. The number of carbonyl (C=O) groups excluding carboxylic acids is 1. The molecule has 0 aliphatic heterocycles. The molecule has 106 valence electrons. The van der Waals surface area contributed by atoms with Gasteiger partial charge in [0.15, 0.2) is 0 Å². The second-order valence-electron chi connectivity index (χ2n) is 5.27. The van der Waals surface area contributed by atoms with E-state index in [1.54, 1.807) is 26.4 Å². The van der Waals surface area contributed by atoms with E-state index in [9.17, 15) is 4.79 Å². The molecule has 0 spiro atoms. The zero-order chi connectivity index (χ0) is 14.4. The maximum atomic E-state index is 11.8. The molecule has 1 rings (SSSR count). The average molecular weight is 264 g/mol. The maximum Gasteiger partial charge on any atom is 0.272 e. The number of hydrogen-bond donors (Lipinski definition) is 1. The molecule has 0 radical (unpaired) electrons. The number of nitrogens with zero attached hydrogens (tertiary/aromatic N) is 3. The lowest BCUT2D eigenvalue weighted by atomic mass is 10.2. The molecule has 0 bridgehead atoms. The zero-order valence-corrected chi connectivity index (χ0v) is 12.5. The first-order valence-corrected chi connectivity index (χ1v) is 6.49. The van der Waals surface area contributed by atoms with Crippen LogP contribution in [0.1, 0.15) is 23.8 Å². The molecule has 19 heavy (non-hydrogen) atoms. The van der Waals surface area contributed by atoms with Crippen LogP contribution < -0.4 is 5.32 Å². The van der Waals surface area contributed by atoms with Gasteiger partial charge in [0.2, 0.25) is 0 Å². The fourth-order valence-corrected chi connectivity index (χ4v) is 1.67. The Hall–Kier alpha value is -1.62. The molecule has 0 saturated heterocycles. The molecule has 1 N–H and O–H groups in total. The Bertz CT molecular complexity index is 418. The molecule has 5 nitrogen and oxygen atoms in total. The molecule has 1 amide bonds. The number of carbonyl (C=O) groups is 1. The zero-order valence-electron chi connectivity index (χ0n) is 12.5. The number of nitrogens with one attached hydrogen (secondary N) is 1. The third-order valence-electron chi connectivity index (χ3n) is 2.81. The summed E-state index contributed by atoms with van der Waals surface area (Å²) < 4.78 is 0. The third kappa shape index (κ3) is 5.26. The van der Waals surface area contributed by atoms with Crippen molar-refractivity contribution in [2.45, 2.75) is 19.4 Å². The summed E-state index contributed by atoms with van der Waals surface area (Å²) >= 11 is 0. The summed E-state index contributed by atoms with van der Waals surface area (Å²) in [7, 11) is 7.58. The summed E-state index contributed by atoms with van der Waals surface area (Å²) in [6, 6.07) is 4.04. The minimum absolute atomic E-state index is 0.0791. The number of pyridine rings is 1. The number of amides is 1. The van der Waals surface area contributed by atoms with E-state index in [1.807, 2.05) is 6.07 Å². The minimum atomic E-state index is -0.0791. The van der Waals surface area contributed by atoms with E-state index in [-0.39, 0.29) is 5.91 Å². The molecular weight excluding hydrogens is 240 g/mol. The second-order valence-corrected chi connectivity index (χ2v) is 5.27. The topological polar surface area (TPSA) is 48.5 Å². The van der Waals surface area contributed by atoms with Crippen LogP contribution in [0.2, 0.25) is 0 Å². The second kappa shape index (κ2) is 7.09. The summed E-state index contributed by atoms with van der Waals surface area (Å²) in [6.45, 7) is 3.17. The van der Waals surface area contributed by atoms with Gasteiger partial charge in [0.25, 0.3) is 5.91 Å². The van der Waals surface area contributed by atoms with Gasteiger partial charge in [-0.1, -0.05) is 0 Å². The Kier molecular flexibility index (Phi) is 5.76. The van der Waals surface area contributed by atoms with Crippen molar-refractivity contribution < 1.29 is 4.79 Å². The highest BCUT2D eigenvalue weighted by Crippen LogP contribution is 2.11. The smallest absolute Gasteiger partial charge is 0.272 e. The summed E-state index contributed by atoms with van der Waals surface area (Å²) in [5.41, 5.74) is 1.40. The van der Waals surface area contributed by atoms with Crippen LogP contribution in [0, 0.1) is 0 Å². The van der Waals surface area contributed by atoms with Crippen molar-refractivity contribution in [2.24, 2.45) is 0 Å². The highest BCUT2D eigenvalue weighted by atomic mass is 16.2. The molecule has 0 aliphatic carbocycles. The van der Waals surface area contributed by atoms with E-state index in [2.05, 4.69) is 36.2 Å². The van der Waals surface area contributed by atoms with E-state index in [0.29, 0.717) is 11.7 Å². The van der Waals surface area contributed by atoms with Gasteiger partial charge in [-0.05, 0) is 46.1 Å². The van der Waals surface area contributed by atoms with Crippen molar-refractivity contribution in [3.05, 3.63) is 24.0 Å². The van der Waals surface area contributed by atoms with E-state index in [4.69, 9.17) is 0 Å². The molecule has 1 heterocycles. The van der Waals surface area contributed by atoms with Crippen LogP contribution in [0.15, 0.2) is 18.3 Å².